The van der Waals surface area contributed by atoms with Crippen molar-refractivity contribution in [2.45, 2.75) is 52.4 Å². The quantitative estimate of drug-likeness (QED) is 0.486. The third kappa shape index (κ3) is 5.85. The second-order valence-electron chi connectivity index (χ2n) is 6.33. The molecule has 0 amide bonds. The van der Waals surface area contributed by atoms with Gasteiger partial charge in [0.15, 0.2) is 10.9 Å². The third-order valence-electron chi connectivity index (χ3n) is 4.22. The molecular formula is C20H25NO3S. The number of ketones is 2. The molecule has 2 aromatic rings. The average molecular weight is 359 g/mol. The van der Waals surface area contributed by atoms with Crippen molar-refractivity contribution < 1.29 is 14.4 Å². The summed E-state index contributed by atoms with van der Waals surface area (Å²) in [7, 11) is 0. The highest BCUT2D eigenvalue weighted by molar-refractivity contribution is 8.14. The van der Waals surface area contributed by atoms with E-state index in [9.17, 15) is 14.4 Å². The van der Waals surface area contributed by atoms with Gasteiger partial charge < -0.3 is 4.98 Å². The van der Waals surface area contributed by atoms with E-state index >= 15 is 0 Å². The highest BCUT2D eigenvalue weighted by Gasteiger charge is 2.15. The molecule has 4 nitrogen and oxygen atoms in total. The number of unbranched alkanes of at least 4 members (excludes halogenated alkanes) is 3. The summed E-state index contributed by atoms with van der Waals surface area (Å²) < 4.78 is 0. The monoisotopic (exact) mass is 359 g/mol. The minimum atomic E-state index is -0.0144. The summed E-state index contributed by atoms with van der Waals surface area (Å²) in [5, 5.41) is 0.984. The Morgan fingerprint density at radius 3 is 2.40 bits per heavy atom. The fourth-order valence-electron chi connectivity index (χ4n) is 2.98. The van der Waals surface area contributed by atoms with Gasteiger partial charge in [0.1, 0.15) is 5.78 Å². The van der Waals surface area contributed by atoms with Crippen molar-refractivity contribution in [3.8, 4) is 0 Å². The SMILES string of the molecule is CC(=O)SCC(=O)CCCCCCC(=O)c1c(C)[nH]c2ccccc12. The maximum atomic E-state index is 12.5. The Morgan fingerprint density at radius 1 is 1.00 bits per heavy atom. The lowest BCUT2D eigenvalue weighted by Gasteiger charge is -2.03. The fraction of sp³-hybridized carbons (Fsp3) is 0.450. The number of para-hydroxylation sites is 1. The van der Waals surface area contributed by atoms with E-state index in [-0.39, 0.29) is 22.4 Å². The molecule has 0 aliphatic heterocycles. The first-order valence-corrected chi connectivity index (χ1v) is 9.73. The molecule has 0 atom stereocenters. The number of hydrogen-bond acceptors (Lipinski definition) is 4. The van der Waals surface area contributed by atoms with Crippen LogP contribution >= 0.6 is 11.8 Å². The highest BCUT2D eigenvalue weighted by atomic mass is 32.2. The Balaban J connectivity index is 1.70. The van der Waals surface area contributed by atoms with Gasteiger partial charge in [-0.3, -0.25) is 14.4 Å². The first-order valence-electron chi connectivity index (χ1n) is 8.74. The van der Waals surface area contributed by atoms with Crippen molar-refractivity contribution in [2.24, 2.45) is 0 Å². The molecule has 0 saturated heterocycles. The van der Waals surface area contributed by atoms with Crippen LogP contribution < -0.4 is 0 Å². The zero-order chi connectivity index (χ0) is 18.2. The van der Waals surface area contributed by atoms with Crippen LogP contribution in [0.4, 0.5) is 0 Å². The number of benzene rings is 1. The van der Waals surface area contributed by atoms with Gasteiger partial charge in [0.25, 0.3) is 0 Å². The van der Waals surface area contributed by atoms with Gasteiger partial charge in [-0.2, -0.15) is 0 Å². The minimum Gasteiger partial charge on any atom is -0.358 e. The van der Waals surface area contributed by atoms with Crippen LogP contribution in [0.1, 0.15) is 61.5 Å². The smallest absolute Gasteiger partial charge is 0.186 e. The molecule has 0 fully saturated rings. The Hall–Kier alpha value is -1.88. The summed E-state index contributed by atoms with van der Waals surface area (Å²) >= 11 is 1.08. The van der Waals surface area contributed by atoms with E-state index in [4.69, 9.17) is 0 Å². The molecule has 0 radical (unpaired) electrons. The molecule has 0 aliphatic rings. The van der Waals surface area contributed by atoms with Crippen molar-refractivity contribution in [1.29, 1.82) is 0 Å². The molecule has 5 heteroatoms. The maximum absolute atomic E-state index is 12.5. The molecule has 25 heavy (non-hydrogen) atoms. The number of H-pyrrole nitrogens is 1. The number of aromatic amines is 1. The van der Waals surface area contributed by atoms with Crippen LogP contribution in [0.2, 0.25) is 0 Å². The van der Waals surface area contributed by atoms with E-state index in [2.05, 4.69) is 4.98 Å². The van der Waals surface area contributed by atoms with Gasteiger partial charge in [-0.1, -0.05) is 42.8 Å². The normalized spacial score (nSPS) is 11.0. The summed E-state index contributed by atoms with van der Waals surface area (Å²) in [6.45, 7) is 3.42. The second-order valence-corrected chi connectivity index (χ2v) is 7.48. The molecule has 1 aromatic heterocycles. The third-order valence-corrected chi connectivity index (χ3v) is 5.09. The van der Waals surface area contributed by atoms with Crippen molar-refractivity contribution in [2.75, 3.05) is 5.75 Å². The fourth-order valence-corrected chi connectivity index (χ4v) is 3.49. The van der Waals surface area contributed by atoms with Crippen LogP contribution in [-0.4, -0.2) is 27.4 Å². The van der Waals surface area contributed by atoms with Crippen LogP contribution in [-0.2, 0) is 9.59 Å². The summed E-state index contributed by atoms with van der Waals surface area (Å²) in [5.41, 5.74) is 2.75. The number of hydrogen-bond donors (Lipinski definition) is 1. The minimum absolute atomic E-state index is 0.0144. The summed E-state index contributed by atoms with van der Waals surface area (Å²) in [4.78, 5) is 38.2. The van der Waals surface area contributed by atoms with Gasteiger partial charge >= 0.3 is 0 Å². The number of thioether (sulfide) groups is 1. The molecule has 1 heterocycles. The van der Waals surface area contributed by atoms with Crippen molar-refractivity contribution >= 4 is 39.3 Å². The molecule has 0 unspecified atom stereocenters. The molecule has 0 aliphatic carbocycles. The van der Waals surface area contributed by atoms with Crippen molar-refractivity contribution in [1.82, 2.24) is 4.98 Å². The Labute approximate surface area is 152 Å². The van der Waals surface area contributed by atoms with E-state index in [1.807, 2.05) is 31.2 Å². The van der Waals surface area contributed by atoms with Crippen LogP contribution in [0.15, 0.2) is 24.3 Å². The van der Waals surface area contributed by atoms with Gasteiger partial charge in [0.05, 0.1) is 5.75 Å². The Morgan fingerprint density at radius 2 is 1.68 bits per heavy atom. The first kappa shape index (κ1) is 19.4. The van der Waals surface area contributed by atoms with Crippen molar-refractivity contribution in [3.05, 3.63) is 35.5 Å². The second kappa shape index (κ2) is 9.56. The van der Waals surface area contributed by atoms with Gasteiger partial charge in [0, 0.05) is 41.9 Å². The lowest BCUT2D eigenvalue weighted by atomic mass is 10.0. The van der Waals surface area contributed by atoms with Crippen LogP contribution in [0, 0.1) is 6.92 Å². The van der Waals surface area contributed by atoms with Gasteiger partial charge in [0.2, 0.25) is 0 Å². The molecule has 2 rings (SSSR count). The summed E-state index contributed by atoms with van der Waals surface area (Å²) in [6.07, 6.45) is 4.62. The maximum Gasteiger partial charge on any atom is 0.186 e. The van der Waals surface area contributed by atoms with E-state index in [0.717, 1.165) is 59.6 Å². The number of Topliss-reactive ketones (excluding diaryl/α,β-unsaturated/α-hetero) is 2. The summed E-state index contributed by atoms with van der Waals surface area (Å²) in [5.74, 6) is 0.600. The predicted octanol–water partition coefficient (Wildman–Crippen LogP) is 4.85. The number of carbonyl (C=O) groups excluding carboxylic acids is 3. The number of aromatic nitrogens is 1. The topological polar surface area (TPSA) is 67.0 Å². The molecule has 0 spiro atoms. The van der Waals surface area contributed by atoms with E-state index < -0.39 is 0 Å². The zero-order valence-corrected chi connectivity index (χ0v) is 15.7. The summed E-state index contributed by atoms with van der Waals surface area (Å²) in [6, 6.07) is 7.88. The molecule has 0 saturated carbocycles. The zero-order valence-electron chi connectivity index (χ0n) is 14.9. The number of fused-ring (bicyclic) bond motifs is 1. The van der Waals surface area contributed by atoms with Gasteiger partial charge in [-0.15, -0.1) is 0 Å². The molecular weight excluding hydrogens is 334 g/mol. The highest BCUT2D eigenvalue weighted by Crippen LogP contribution is 2.24. The number of nitrogens with one attached hydrogen (secondary N) is 1. The van der Waals surface area contributed by atoms with Crippen LogP contribution in [0.25, 0.3) is 10.9 Å². The molecule has 1 N–H and O–H groups in total. The van der Waals surface area contributed by atoms with Crippen LogP contribution in [0.5, 0.6) is 0 Å². The van der Waals surface area contributed by atoms with Crippen molar-refractivity contribution in [3.63, 3.8) is 0 Å². The molecule has 134 valence electrons. The molecule has 0 bridgehead atoms. The number of rotatable bonds is 10. The van der Waals surface area contributed by atoms with Gasteiger partial charge in [-0.05, 0) is 25.8 Å². The number of aryl methyl sites for hydroxylation is 1. The lowest BCUT2D eigenvalue weighted by Crippen LogP contribution is -2.03. The average Bonchev–Trinajstić information content (AvgIpc) is 2.91. The van der Waals surface area contributed by atoms with Gasteiger partial charge in [-0.25, -0.2) is 0 Å². The van der Waals surface area contributed by atoms with Crippen LogP contribution in [0.3, 0.4) is 0 Å². The predicted molar refractivity (Wildman–Crippen MR) is 103 cm³/mol. The first-order chi connectivity index (χ1) is 12.0. The molecule has 1 aromatic carbocycles. The lowest BCUT2D eigenvalue weighted by molar-refractivity contribution is -0.117. The van der Waals surface area contributed by atoms with E-state index in [1.165, 1.54) is 6.92 Å². The van der Waals surface area contributed by atoms with E-state index in [0.29, 0.717) is 12.8 Å². The van der Waals surface area contributed by atoms with E-state index in [1.54, 1.807) is 0 Å². The largest absolute Gasteiger partial charge is 0.358 e. The number of carbonyl (C=O) groups is 3. The standard InChI is InChI=1S/C20H25NO3S/c1-14-20(17-10-7-8-11-18(17)21-14)19(24)12-6-4-3-5-9-16(23)13-25-15(2)22/h7-8,10-11,21H,3-6,9,12-13H2,1-2H3. The Kier molecular flexibility index (Phi) is 7.44. The Bertz CT molecular complexity index is 763.